The molecule has 19 heavy (non-hydrogen) atoms. The average Bonchev–Trinajstić information content (AvgIpc) is 2.83. The van der Waals surface area contributed by atoms with Crippen LogP contribution in [-0.4, -0.2) is 18.1 Å². The molecular weight excluding hydrogens is 250 g/mol. The van der Waals surface area contributed by atoms with Crippen molar-refractivity contribution in [3.8, 4) is 11.3 Å². The zero-order chi connectivity index (χ0) is 13.8. The lowest BCUT2D eigenvalue weighted by Crippen LogP contribution is -2.16. The summed E-state index contributed by atoms with van der Waals surface area (Å²) in [6.07, 6.45) is 2.10. The van der Waals surface area contributed by atoms with Crippen LogP contribution in [0, 0.1) is 18.6 Å². The highest BCUT2D eigenvalue weighted by Crippen LogP contribution is 2.26. The van der Waals surface area contributed by atoms with E-state index in [-0.39, 0.29) is 5.56 Å². The molecule has 0 aliphatic rings. The van der Waals surface area contributed by atoms with Crippen LogP contribution in [0.5, 0.6) is 0 Å². The standard InChI is InChI=1S/C14H16F2N2O/c1-3-17-5-4-14-18-8-13(19-14)10-6-9(2)11(15)7-12(10)16/h6-8,17H,3-5H2,1-2H3. The minimum absolute atomic E-state index is 0.237. The molecule has 0 aliphatic carbocycles. The Morgan fingerprint density at radius 3 is 2.79 bits per heavy atom. The molecule has 0 atom stereocenters. The summed E-state index contributed by atoms with van der Waals surface area (Å²) in [7, 11) is 0. The van der Waals surface area contributed by atoms with E-state index in [4.69, 9.17) is 4.42 Å². The van der Waals surface area contributed by atoms with E-state index in [0.717, 1.165) is 19.2 Å². The summed E-state index contributed by atoms with van der Waals surface area (Å²) in [5, 5.41) is 3.15. The van der Waals surface area contributed by atoms with Crippen molar-refractivity contribution in [3.63, 3.8) is 0 Å². The van der Waals surface area contributed by atoms with Crippen LogP contribution in [0.15, 0.2) is 22.7 Å². The van der Waals surface area contributed by atoms with Crippen molar-refractivity contribution in [1.29, 1.82) is 0 Å². The highest BCUT2D eigenvalue weighted by Gasteiger charge is 2.13. The summed E-state index contributed by atoms with van der Waals surface area (Å²) in [6, 6.07) is 2.30. The quantitative estimate of drug-likeness (QED) is 0.845. The molecule has 0 spiro atoms. The Hall–Kier alpha value is -1.75. The number of rotatable bonds is 5. The van der Waals surface area contributed by atoms with Gasteiger partial charge in [0.15, 0.2) is 11.7 Å². The number of aryl methyl sites for hydroxylation is 1. The van der Waals surface area contributed by atoms with Crippen LogP contribution in [0.1, 0.15) is 18.4 Å². The van der Waals surface area contributed by atoms with E-state index in [0.29, 0.717) is 23.6 Å². The molecule has 102 valence electrons. The number of nitrogens with one attached hydrogen (secondary N) is 1. The maximum Gasteiger partial charge on any atom is 0.196 e. The molecule has 2 aromatic rings. The molecule has 1 aromatic heterocycles. The molecule has 3 nitrogen and oxygen atoms in total. The SMILES string of the molecule is CCNCCc1ncc(-c2cc(C)c(F)cc2F)o1. The van der Waals surface area contributed by atoms with E-state index in [1.807, 2.05) is 6.92 Å². The largest absolute Gasteiger partial charge is 0.441 e. The highest BCUT2D eigenvalue weighted by molar-refractivity contribution is 5.58. The third-order valence-corrected chi connectivity index (χ3v) is 2.83. The molecule has 2 rings (SSSR count). The molecule has 0 bridgehead atoms. The van der Waals surface area contributed by atoms with E-state index >= 15 is 0 Å². The fraction of sp³-hybridized carbons (Fsp3) is 0.357. The average molecular weight is 266 g/mol. The molecule has 0 fully saturated rings. The first-order chi connectivity index (χ1) is 9.11. The smallest absolute Gasteiger partial charge is 0.196 e. The van der Waals surface area contributed by atoms with Crippen LogP contribution in [0.4, 0.5) is 8.78 Å². The van der Waals surface area contributed by atoms with Crippen molar-refractivity contribution in [3.05, 3.63) is 41.4 Å². The summed E-state index contributed by atoms with van der Waals surface area (Å²) in [5.41, 5.74) is 0.614. The van der Waals surface area contributed by atoms with E-state index in [9.17, 15) is 8.78 Å². The van der Waals surface area contributed by atoms with Gasteiger partial charge in [-0.15, -0.1) is 0 Å². The third-order valence-electron chi connectivity index (χ3n) is 2.83. The second-order valence-corrected chi connectivity index (χ2v) is 4.30. The second kappa shape index (κ2) is 5.93. The number of oxazole rings is 1. The molecule has 1 aromatic carbocycles. The molecule has 0 radical (unpaired) electrons. The minimum Gasteiger partial charge on any atom is -0.441 e. The predicted octanol–water partition coefficient (Wildman–Crippen LogP) is 3.08. The van der Waals surface area contributed by atoms with Crippen molar-refractivity contribution in [2.45, 2.75) is 20.3 Å². The molecule has 0 unspecified atom stereocenters. The molecule has 0 saturated carbocycles. The number of benzene rings is 1. The van der Waals surface area contributed by atoms with E-state index in [2.05, 4.69) is 10.3 Å². The van der Waals surface area contributed by atoms with Crippen LogP contribution in [0.25, 0.3) is 11.3 Å². The summed E-state index contributed by atoms with van der Waals surface area (Å²) < 4.78 is 32.4. The van der Waals surface area contributed by atoms with Crippen molar-refractivity contribution >= 4 is 0 Å². The van der Waals surface area contributed by atoms with Crippen molar-refractivity contribution < 1.29 is 13.2 Å². The van der Waals surface area contributed by atoms with Crippen LogP contribution in [0.3, 0.4) is 0 Å². The van der Waals surface area contributed by atoms with Gasteiger partial charge in [-0.25, -0.2) is 13.8 Å². The zero-order valence-corrected chi connectivity index (χ0v) is 11.0. The fourth-order valence-corrected chi connectivity index (χ4v) is 1.77. The monoisotopic (exact) mass is 266 g/mol. The molecule has 5 heteroatoms. The Morgan fingerprint density at radius 2 is 2.05 bits per heavy atom. The van der Waals surface area contributed by atoms with Gasteiger partial charge in [0.2, 0.25) is 0 Å². The number of hydrogen-bond acceptors (Lipinski definition) is 3. The van der Waals surface area contributed by atoms with Crippen LogP contribution >= 0.6 is 0 Å². The lowest BCUT2D eigenvalue weighted by molar-refractivity contribution is 0.493. The van der Waals surface area contributed by atoms with Crippen molar-refractivity contribution in [1.82, 2.24) is 10.3 Å². The second-order valence-electron chi connectivity index (χ2n) is 4.30. The zero-order valence-electron chi connectivity index (χ0n) is 11.0. The van der Waals surface area contributed by atoms with Gasteiger partial charge in [0.25, 0.3) is 0 Å². The topological polar surface area (TPSA) is 38.1 Å². The first-order valence-corrected chi connectivity index (χ1v) is 6.23. The Kier molecular flexibility index (Phi) is 4.27. The number of aromatic nitrogens is 1. The Labute approximate surface area is 110 Å². The van der Waals surface area contributed by atoms with Gasteiger partial charge < -0.3 is 9.73 Å². The summed E-state index contributed by atoms with van der Waals surface area (Å²) in [5.74, 6) is -0.338. The van der Waals surface area contributed by atoms with Gasteiger partial charge in [0, 0.05) is 19.0 Å². The predicted molar refractivity (Wildman–Crippen MR) is 68.8 cm³/mol. The third kappa shape index (κ3) is 3.17. The van der Waals surface area contributed by atoms with Crippen LogP contribution in [-0.2, 0) is 6.42 Å². The molecule has 0 aliphatic heterocycles. The molecule has 0 saturated heterocycles. The Bertz CT molecular complexity index is 567. The summed E-state index contributed by atoms with van der Waals surface area (Å²) >= 11 is 0. The normalized spacial score (nSPS) is 10.9. The summed E-state index contributed by atoms with van der Waals surface area (Å²) in [4.78, 5) is 4.09. The van der Waals surface area contributed by atoms with E-state index in [1.54, 1.807) is 6.92 Å². The van der Waals surface area contributed by atoms with Gasteiger partial charge in [-0.2, -0.15) is 0 Å². The van der Waals surface area contributed by atoms with E-state index < -0.39 is 11.6 Å². The van der Waals surface area contributed by atoms with Gasteiger partial charge in [-0.05, 0) is 25.1 Å². The first-order valence-electron chi connectivity index (χ1n) is 6.23. The van der Waals surface area contributed by atoms with Gasteiger partial charge >= 0.3 is 0 Å². The minimum atomic E-state index is -0.641. The molecule has 1 heterocycles. The van der Waals surface area contributed by atoms with Crippen molar-refractivity contribution in [2.24, 2.45) is 0 Å². The maximum absolute atomic E-state index is 13.7. The Morgan fingerprint density at radius 1 is 1.26 bits per heavy atom. The fourth-order valence-electron chi connectivity index (χ4n) is 1.77. The number of halogens is 2. The number of nitrogens with zero attached hydrogens (tertiary/aromatic N) is 1. The lowest BCUT2D eigenvalue weighted by atomic mass is 10.1. The van der Waals surface area contributed by atoms with Gasteiger partial charge in [0.1, 0.15) is 11.6 Å². The van der Waals surface area contributed by atoms with E-state index in [1.165, 1.54) is 12.3 Å². The Balaban J connectivity index is 2.20. The van der Waals surface area contributed by atoms with Crippen LogP contribution in [0.2, 0.25) is 0 Å². The highest BCUT2D eigenvalue weighted by atomic mass is 19.1. The van der Waals surface area contributed by atoms with Gasteiger partial charge in [-0.1, -0.05) is 6.92 Å². The van der Waals surface area contributed by atoms with Gasteiger partial charge in [-0.3, -0.25) is 0 Å². The van der Waals surface area contributed by atoms with Crippen LogP contribution < -0.4 is 5.32 Å². The molecule has 0 amide bonds. The molecular formula is C14H16F2N2O. The first kappa shape index (κ1) is 13.7. The summed E-state index contributed by atoms with van der Waals surface area (Å²) in [6.45, 7) is 5.22. The van der Waals surface area contributed by atoms with Gasteiger partial charge in [0.05, 0.1) is 11.8 Å². The number of likely N-dealkylation sites (N-methyl/N-ethyl adjacent to an activating group) is 1. The van der Waals surface area contributed by atoms with Crippen molar-refractivity contribution in [2.75, 3.05) is 13.1 Å². The maximum atomic E-state index is 13.7. The number of hydrogen-bond donors (Lipinski definition) is 1. The molecule has 1 N–H and O–H groups in total. The lowest BCUT2D eigenvalue weighted by Gasteiger charge is -2.02.